The maximum atomic E-state index is 5.42. The molecule has 0 saturated heterocycles. The molecule has 0 amide bonds. The monoisotopic (exact) mass is 203 g/mol. The van der Waals surface area contributed by atoms with E-state index >= 15 is 0 Å². The lowest BCUT2D eigenvalue weighted by molar-refractivity contribution is 0.805. The van der Waals surface area contributed by atoms with Crippen molar-refractivity contribution in [3.8, 4) is 11.6 Å². The lowest BCUT2D eigenvalue weighted by Crippen LogP contribution is -2.03. The van der Waals surface area contributed by atoms with E-state index in [2.05, 4.69) is 30.4 Å². The number of hydrogen-bond acceptors (Lipinski definition) is 7. The van der Waals surface area contributed by atoms with Gasteiger partial charge in [0.05, 0.1) is 0 Å². The van der Waals surface area contributed by atoms with E-state index in [4.69, 9.17) is 5.73 Å². The van der Waals surface area contributed by atoms with Crippen molar-refractivity contribution in [2.24, 2.45) is 5.73 Å². The molecule has 2 heterocycles. The van der Waals surface area contributed by atoms with Crippen molar-refractivity contribution in [2.45, 2.75) is 13.5 Å². The van der Waals surface area contributed by atoms with Gasteiger partial charge < -0.3 is 5.73 Å². The molecule has 0 aliphatic carbocycles. The summed E-state index contributed by atoms with van der Waals surface area (Å²) in [4.78, 5) is 8.11. The Labute approximate surface area is 85.8 Å². The molecule has 0 aromatic carbocycles. The molecule has 2 aromatic rings. The molecular formula is C8H9N7. The maximum Gasteiger partial charge on any atom is 0.240 e. The third kappa shape index (κ3) is 2.08. The Morgan fingerprint density at radius 1 is 1.00 bits per heavy atom. The van der Waals surface area contributed by atoms with E-state index in [9.17, 15) is 0 Å². The Balaban J connectivity index is 2.33. The summed E-state index contributed by atoms with van der Waals surface area (Å²) >= 11 is 0. The molecule has 76 valence electrons. The highest BCUT2D eigenvalue weighted by Gasteiger charge is 2.05. The molecule has 0 aliphatic heterocycles. The standard InChI is InChI=1S/C8H9N7/c1-5-12-14-8(15-13-5)7-10-3-6(2-9)4-11-7/h3-4H,2,9H2,1H3. The average Bonchev–Trinajstić information content (AvgIpc) is 2.30. The topological polar surface area (TPSA) is 103 Å². The second-order valence-electron chi connectivity index (χ2n) is 2.89. The first kappa shape index (κ1) is 9.53. The first-order valence-corrected chi connectivity index (χ1v) is 4.35. The smallest absolute Gasteiger partial charge is 0.240 e. The van der Waals surface area contributed by atoms with Gasteiger partial charge in [0.25, 0.3) is 0 Å². The summed E-state index contributed by atoms with van der Waals surface area (Å²) < 4.78 is 0. The fourth-order valence-corrected chi connectivity index (χ4v) is 0.945. The van der Waals surface area contributed by atoms with Crippen LogP contribution >= 0.6 is 0 Å². The van der Waals surface area contributed by atoms with Gasteiger partial charge in [-0.05, 0) is 6.92 Å². The van der Waals surface area contributed by atoms with Crippen LogP contribution in [0.3, 0.4) is 0 Å². The van der Waals surface area contributed by atoms with Crippen LogP contribution in [-0.2, 0) is 6.54 Å². The summed E-state index contributed by atoms with van der Waals surface area (Å²) in [6.07, 6.45) is 3.26. The Morgan fingerprint density at radius 3 is 2.13 bits per heavy atom. The molecule has 0 bridgehead atoms. The third-order valence-corrected chi connectivity index (χ3v) is 1.72. The van der Waals surface area contributed by atoms with E-state index in [0.717, 1.165) is 5.56 Å². The summed E-state index contributed by atoms with van der Waals surface area (Å²) in [6.45, 7) is 2.12. The second kappa shape index (κ2) is 4.01. The van der Waals surface area contributed by atoms with Gasteiger partial charge in [-0.15, -0.1) is 20.4 Å². The van der Waals surface area contributed by atoms with Crippen LogP contribution in [0.5, 0.6) is 0 Å². The van der Waals surface area contributed by atoms with Gasteiger partial charge in [0, 0.05) is 24.5 Å². The van der Waals surface area contributed by atoms with Gasteiger partial charge in [-0.2, -0.15) is 0 Å². The summed E-state index contributed by atoms with van der Waals surface area (Å²) in [6, 6.07) is 0. The fourth-order valence-electron chi connectivity index (χ4n) is 0.945. The number of hydrogen-bond donors (Lipinski definition) is 1. The summed E-state index contributed by atoms with van der Waals surface area (Å²) in [7, 11) is 0. The second-order valence-corrected chi connectivity index (χ2v) is 2.89. The molecule has 7 nitrogen and oxygen atoms in total. The van der Waals surface area contributed by atoms with Crippen LogP contribution in [0.25, 0.3) is 11.6 Å². The zero-order chi connectivity index (χ0) is 10.7. The van der Waals surface area contributed by atoms with Crippen molar-refractivity contribution in [1.29, 1.82) is 0 Å². The molecule has 0 aliphatic rings. The van der Waals surface area contributed by atoms with Crippen LogP contribution in [0.15, 0.2) is 12.4 Å². The number of rotatable bonds is 2. The average molecular weight is 203 g/mol. The molecule has 0 unspecified atom stereocenters. The minimum Gasteiger partial charge on any atom is -0.326 e. The van der Waals surface area contributed by atoms with Crippen LogP contribution in [0.2, 0.25) is 0 Å². The van der Waals surface area contributed by atoms with Crippen molar-refractivity contribution in [2.75, 3.05) is 0 Å². The fraction of sp³-hybridized carbons (Fsp3) is 0.250. The van der Waals surface area contributed by atoms with E-state index in [0.29, 0.717) is 24.0 Å². The Morgan fingerprint density at radius 2 is 1.60 bits per heavy atom. The van der Waals surface area contributed by atoms with Crippen molar-refractivity contribution in [1.82, 2.24) is 30.4 Å². The number of aryl methyl sites for hydroxylation is 1. The SMILES string of the molecule is Cc1nnc(-c2ncc(CN)cn2)nn1. The number of nitrogens with two attached hydrogens (primary N) is 1. The lowest BCUT2D eigenvalue weighted by atomic mass is 10.3. The van der Waals surface area contributed by atoms with Crippen molar-refractivity contribution < 1.29 is 0 Å². The maximum absolute atomic E-state index is 5.42. The minimum absolute atomic E-state index is 0.309. The van der Waals surface area contributed by atoms with Crippen molar-refractivity contribution in [3.05, 3.63) is 23.8 Å². The van der Waals surface area contributed by atoms with Crippen LogP contribution in [0.4, 0.5) is 0 Å². The molecule has 2 N–H and O–H groups in total. The molecular weight excluding hydrogens is 194 g/mol. The molecule has 0 saturated carbocycles. The Bertz CT molecular complexity index is 436. The highest BCUT2D eigenvalue weighted by molar-refractivity contribution is 5.39. The van der Waals surface area contributed by atoms with Gasteiger partial charge >= 0.3 is 0 Å². The Kier molecular flexibility index (Phi) is 2.55. The molecule has 15 heavy (non-hydrogen) atoms. The predicted octanol–water partition coefficient (Wildman–Crippen LogP) is -0.509. The zero-order valence-corrected chi connectivity index (χ0v) is 8.12. The van der Waals surface area contributed by atoms with E-state index in [-0.39, 0.29) is 0 Å². The highest BCUT2D eigenvalue weighted by atomic mass is 15.3. The van der Waals surface area contributed by atoms with Gasteiger partial charge in [0.1, 0.15) is 0 Å². The third-order valence-electron chi connectivity index (χ3n) is 1.72. The molecule has 0 spiro atoms. The minimum atomic E-state index is 0.309. The van der Waals surface area contributed by atoms with Gasteiger partial charge in [-0.1, -0.05) is 0 Å². The van der Waals surface area contributed by atoms with Crippen LogP contribution in [-0.4, -0.2) is 30.4 Å². The molecule has 0 atom stereocenters. The zero-order valence-electron chi connectivity index (χ0n) is 8.12. The van der Waals surface area contributed by atoms with E-state index < -0.39 is 0 Å². The molecule has 0 fully saturated rings. The van der Waals surface area contributed by atoms with Gasteiger partial charge in [-0.25, -0.2) is 9.97 Å². The van der Waals surface area contributed by atoms with Crippen LogP contribution in [0.1, 0.15) is 11.4 Å². The normalized spacial score (nSPS) is 10.3. The predicted molar refractivity (Wildman–Crippen MR) is 51.3 cm³/mol. The van der Waals surface area contributed by atoms with Gasteiger partial charge in [-0.3, -0.25) is 0 Å². The van der Waals surface area contributed by atoms with E-state index in [1.165, 1.54) is 0 Å². The van der Waals surface area contributed by atoms with Crippen molar-refractivity contribution in [3.63, 3.8) is 0 Å². The van der Waals surface area contributed by atoms with Crippen molar-refractivity contribution >= 4 is 0 Å². The van der Waals surface area contributed by atoms with Crippen LogP contribution in [0, 0.1) is 6.92 Å². The van der Waals surface area contributed by atoms with Gasteiger partial charge in [0.15, 0.2) is 5.82 Å². The van der Waals surface area contributed by atoms with Gasteiger partial charge in [0.2, 0.25) is 11.6 Å². The Hall–Kier alpha value is -2.02. The number of nitrogens with zero attached hydrogens (tertiary/aromatic N) is 6. The van der Waals surface area contributed by atoms with E-state index in [1.807, 2.05) is 0 Å². The molecule has 2 aromatic heterocycles. The summed E-state index contributed by atoms with van der Waals surface area (Å²) in [5, 5.41) is 15.2. The highest BCUT2D eigenvalue weighted by Crippen LogP contribution is 2.05. The number of aromatic nitrogens is 6. The lowest BCUT2D eigenvalue weighted by Gasteiger charge is -1.97. The van der Waals surface area contributed by atoms with E-state index in [1.54, 1.807) is 19.3 Å². The van der Waals surface area contributed by atoms with Crippen LogP contribution < -0.4 is 5.73 Å². The first-order chi connectivity index (χ1) is 7.29. The largest absolute Gasteiger partial charge is 0.326 e. The molecule has 0 radical (unpaired) electrons. The quantitative estimate of drug-likeness (QED) is 0.700. The molecule has 2 rings (SSSR count). The molecule has 7 heteroatoms. The summed E-state index contributed by atoms with van der Waals surface area (Å²) in [5.41, 5.74) is 6.28. The summed E-state index contributed by atoms with van der Waals surface area (Å²) in [5.74, 6) is 1.22. The first-order valence-electron chi connectivity index (χ1n) is 4.35.